The van der Waals surface area contributed by atoms with E-state index in [0.29, 0.717) is 70.5 Å². The first-order valence-corrected chi connectivity index (χ1v) is 29.9. The molecule has 0 radical (unpaired) electrons. The van der Waals surface area contributed by atoms with Crippen LogP contribution >= 0.6 is 0 Å². The highest BCUT2D eigenvalue weighted by molar-refractivity contribution is 5.88. The lowest BCUT2D eigenvalue weighted by Crippen LogP contribution is -2.25. The van der Waals surface area contributed by atoms with E-state index in [2.05, 4.69) is 81.7 Å². The molecule has 14 rings (SSSR count). The van der Waals surface area contributed by atoms with Gasteiger partial charge in [0, 0.05) is 90.5 Å². The van der Waals surface area contributed by atoms with Crippen LogP contribution in [0.4, 0.5) is 4.79 Å². The molecular formula is C69H71N17O4. The number of nitrogens with zero attached hydrogens (tertiary/aromatic N) is 11. The highest BCUT2D eigenvalue weighted by Gasteiger charge is 2.28. The van der Waals surface area contributed by atoms with Gasteiger partial charge in [-0.3, -0.25) is 19.0 Å². The Morgan fingerprint density at radius 3 is 1.59 bits per heavy atom. The maximum atomic E-state index is 12.5. The number of aryl methyl sites for hydroxylation is 5. The van der Waals surface area contributed by atoms with E-state index in [-0.39, 0.29) is 11.5 Å². The second-order valence-corrected chi connectivity index (χ2v) is 22.7. The van der Waals surface area contributed by atoms with Crippen LogP contribution in [-0.2, 0) is 53.7 Å². The minimum Gasteiger partial charge on any atom is -0.504 e. The summed E-state index contributed by atoms with van der Waals surface area (Å²) in [6, 6.07) is 44.0. The molecule has 8 heterocycles. The summed E-state index contributed by atoms with van der Waals surface area (Å²) in [4.78, 5) is 42.0. The third kappa shape index (κ3) is 12.2. The lowest BCUT2D eigenvalue weighted by Gasteiger charge is -2.12. The van der Waals surface area contributed by atoms with Gasteiger partial charge in [0.25, 0.3) is 0 Å². The third-order valence-corrected chi connectivity index (χ3v) is 16.0. The number of carbonyl (C=O) groups excluding carboxylic acids is 1. The Morgan fingerprint density at radius 1 is 0.567 bits per heavy atom. The Labute approximate surface area is 519 Å². The largest absolute Gasteiger partial charge is 0.504 e. The first kappa shape index (κ1) is 59.6. The van der Waals surface area contributed by atoms with Gasteiger partial charge in [0.2, 0.25) is 0 Å². The summed E-state index contributed by atoms with van der Waals surface area (Å²) in [5, 5.41) is 39.0. The van der Waals surface area contributed by atoms with Gasteiger partial charge in [0.15, 0.2) is 34.7 Å². The van der Waals surface area contributed by atoms with E-state index in [0.717, 1.165) is 97.1 Å². The Balaban J connectivity index is 0.000000131. The van der Waals surface area contributed by atoms with Crippen molar-refractivity contribution in [3.8, 4) is 96.7 Å². The van der Waals surface area contributed by atoms with Crippen molar-refractivity contribution in [1.82, 2.24) is 74.4 Å². The fourth-order valence-electron chi connectivity index (χ4n) is 11.2. The van der Waals surface area contributed by atoms with E-state index in [1.54, 1.807) is 41.4 Å². The molecule has 21 heteroatoms. The number of hydrogen-bond donors (Lipinski definition) is 8. The van der Waals surface area contributed by atoms with E-state index < -0.39 is 6.09 Å². The molecule has 0 saturated carbocycles. The Morgan fingerprint density at radius 2 is 1.04 bits per heavy atom. The predicted molar refractivity (Wildman–Crippen MR) is 352 cm³/mol. The van der Waals surface area contributed by atoms with Crippen LogP contribution in [0.1, 0.15) is 59.6 Å². The molecule has 456 valence electrons. The van der Waals surface area contributed by atoms with Gasteiger partial charge in [-0.05, 0) is 101 Å². The molecule has 0 spiro atoms. The number of benzene rings is 6. The number of fused-ring (bicyclic) bond motifs is 4. The van der Waals surface area contributed by atoms with E-state index in [9.17, 15) is 15.0 Å². The van der Waals surface area contributed by atoms with Crippen LogP contribution in [-0.4, -0.2) is 99.5 Å². The molecule has 21 nitrogen and oxygen atoms in total. The van der Waals surface area contributed by atoms with Gasteiger partial charge in [0.1, 0.15) is 34.2 Å². The summed E-state index contributed by atoms with van der Waals surface area (Å²) in [5.41, 5.74) is 31.8. The standard InChI is InChI=1S/C23H24N6O2.C23H20N6O.C23H27N5O/c1-13-5-7-14(8-6-13)19-21(31-23(30)28(2)3)20(29(4)27-19)22-25-17-9-15-11-24-12-16(15)10-18(17)26-22;1-29-21(23-26-18-9-4-14(12-24)11-19(18)27-23)22(30)20(28-29)16-7-5-15(6-8-16)17-3-2-10-25-13-17;1-3-4-5-6-15-7-10-17(11-8-15)20-22(29)21(28(2)27-20)23-25-18-12-9-16(14-24)13-19(18)26-23/h5-10,24H,11-12H2,1-4H3,(H,25,26);2-11,13,30H,12,24H2,1H3,(H,26,27);7-13,29H,3-6,14,24H2,1-2H3,(H,25,26). The zero-order valence-electron chi connectivity index (χ0n) is 51.3. The maximum absolute atomic E-state index is 12.5. The molecule has 0 bridgehead atoms. The van der Waals surface area contributed by atoms with Crippen molar-refractivity contribution in [3.05, 3.63) is 179 Å². The average molecular weight is 1200 g/mol. The molecule has 0 saturated heterocycles. The average Bonchev–Trinajstić information content (AvgIpc) is 1.70. The smallest absolute Gasteiger partial charge is 0.414 e. The summed E-state index contributed by atoms with van der Waals surface area (Å²) in [6.45, 7) is 6.88. The molecule has 90 heavy (non-hydrogen) atoms. The highest BCUT2D eigenvalue weighted by atomic mass is 16.6. The minimum atomic E-state index is -0.469. The van der Waals surface area contributed by atoms with Crippen molar-refractivity contribution >= 4 is 39.2 Å². The molecule has 13 aromatic rings. The van der Waals surface area contributed by atoms with Crippen molar-refractivity contribution in [2.75, 3.05) is 14.1 Å². The van der Waals surface area contributed by atoms with Crippen LogP contribution in [0.25, 0.3) is 113 Å². The number of H-pyrrole nitrogens is 3. The van der Waals surface area contributed by atoms with Gasteiger partial charge >= 0.3 is 6.09 Å². The molecule has 1 amide bonds. The van der Waals surface area contributed by atoms with E-state index in [1.165, 1.54) is 40.9 Å². The van der Waals surface area contributed by atoms with Crippen LogP contribution in [0.2, 0.25) is 0 Å². The zero-order valence-corrected chi connectivity index (χ0v) is 51.3. The van der Waals surface area contributed by atoms with Gasteiger partial charge in [-0.15, -0.1) is 0 Å². The van der Waals surface area contributed by atoms with Gasteiger partial charge in [-0.2, -0.15) is 15.3 Å². The van der Waals surface area contributed by atoms with E-state index in [4.69, 9.17) is 21.2 Å². The summed E-state index contributed by atoms with van der Waals surface area (Å²) in [5.74, 6) is 2.36. The molecule has 0 fully saturated rings. The Bertz CT molecular complexity index is 4660. The summed E-state index contributed by atoms with van der Waals surface area (Å²) in [6.07, 6.45) is 7.85. The molecule has 10 N–H and O–H groups in total. The van der Waals surface area contributed by atoms with Crippen LogP contribution in [0.3, 0.4) is 0 Å². The Kier molecular flexibility index (Phi) is 16.9. The van der Waals surface area contributed by atoms with Gasteiger partial charge in [0.05, 0.1) is 33.1 Å². The number of rotatable bonds is 14. The van der Waals surface area contributed by atoms with Gasteiger partial charge in [-0.25, -0.2) is 19.7 Å². The number of unbranched alkanes of at least 4 members (excludes halogenated alkanes) is 2. The molecule has 1 aliphatic heterocycles. The zero-order chi connectivity index (χ0) is 62.7. The van der Waals surface area contributed by atoms with Crippen molar-refractivity contribution in [2.24, 2.45) is 32.6 Å². The summed E-state index contributed by atoms with van der Waals surface area (Å²) in [7, 11) is 8.75. The topological polar surface area (TPSA) is 286 Å². The number of aromatic nitrogens is 13. The Hall–Kier alpha value is -10.7. The van der Waals surface area contributed by atoms with E-state index in [1.807, 2.05) is 136 Å². The number of nitrogens with one attached hydrogen (secondary N) is 4. The second kappa shape index (κ2) is 25.5. The summed E-state index contributed by atoms with van der Waals surface area (Å²) < 4.78 is 10.8. The molecule has 0 unspecified atom stereocenters. The third-order valence-electron chi connectivity index (χ3n) is 16.0. The number of amides is 1. The molecule has 0 atom stereocenters. The van der Waals surface area contributed by atoms with Crippen LogP contribution in [0.15, 0.2) is 146 Å². The minimum absolute atomic E-state index is 0.0877. The van der Waals surface area contributed by atoms with Crippen LogP contribution in [0.5, 0.6) is 17.2 Å². The monoisotopic (exact) mass is 1200 g/mol. The number of hydrogen-bond acceptors (Lipinski definition) is 14. The van der Waals surface area contributed by atoms with Gasteiger partial charge in [-0.1, -0.05) is 116 Å². The fourth-order valence-corrected chi connectivity index (χ4v) is 11.2. The number of pyridine rings is 1. The first-order chi connectivity index (χ1) is 43.6. The number of ether oxygens (including phenoxy) is 1. The normalized spacial score (nSPS) is 11.9. The highest BCUT2D eigenvalue weighted by Crippen LogP contribution is 2.41. The molecule has 6 aromatic carbocycles. The fraction of sp³-hybridized carbons (Fsp3) is 0.217. The lowest BCUT2D eigenvalue weighted by molar-refractivity contribution is 0.172. The van der Waals surface area contributed by atoms with Crippen molar-refractivity contribution < 1.29 is 19.7 Å². The lowest BCUT2D eigenvalue weighted by atomic mass is 10.0. The number of aromatic hydroxyl groups is 2. The van der Waals surface area contributed by atoms with E-state index >= 15 is 0 Å². The number of imidazole rings is 3. The van der Waals surface area contributed by atoms with Gasteiger partial charge < -0.3 is 51.6 Å². The number of nitrogens with two attached hydrogens (primary N) is 2. The predicted octanol–water partition coefficient (Wildman–Crippen LogP) is 12.0. The van der Waals surface area contributed by atoms with Crippen molar-refractivity contribution in [1.29, 1.82) is 0 Å². The molecule has 0 aliphatic carbocycles. The van der Waals surface area contributed by atoms with Crippen molar-refractivity contribution in [2.45, 2.75) is 65.7 Å². The van der Waals surface area contributed by atoms with Crippen LogP contribution < -0.4 is 21.5 Å². The maximum Gasteiger partial charge on any atom is 0.414 e. The first-order valence-electron chi connectivity index (χ1n) is 29.9. The molecule has 1 aliphatic rings. The SMILES string of the molecule is CCCCCc1ccc(-c2nn(C)c(-c3nc4ccc(CN)cc4[nH]3)c2O)cc1.Cc1ccc(-c2nn(C)c(-c3nc4cc5c(cc4[nH]3)CNC5)c2OC(=O)N(C)C)cc1.Cn1nc(-c2ccc(-c3cccnc3)cc2)c(O)c1-c1nc2ccc(CN)cc2[nH]1. The second-order valence-electron chi connectivity index (χ2n) is 22.7. The summed E-state index contributed by atoms with van der Waals surface area (Å²) >= 11 is 0. The quantitative estimate of drug-likeness (QED) is 0.0470. The van der Waals surface area contributed by atoms with Crippen LogP contribution in [0, 0.1) is 6.92 Å². The number of aromatic amines is 3. The molecule has 7 aromatic heterocycles. The molecular weight excluding hydrogens is 1130 g/mol. The van der Waals surface area contributed by atoms with Crippen molar-refractivity contribution in [3.63, 3.8) is 0 Å². The number of carbonyl (C=O) groups is 1.